The lowest BCUT2D eigenvalue weighted by molar-refractivity contribution is 0.669. The van der Waals surface area contributed by atoms with Gasteiger partial charge in [-0.25, -0.2) is 9.98 Å². The van der Waals surface area contributed by atoms with Crippen molar-refractivity contribution in [2.45, 2.75) is 12.8 Å². The second kappa shape index (κ2) is 12.5. The van der Waals surface area contributed by atoms with Crippen LogP contribution in [0, 0.1) is 0 Å². The number of fused-ring (bicyclic) bond motifs is 8. The molecule has 0 fully saturated rings. The average molecular weight is 687 g/mol. The monoisotopic (exact) mass is 686 g/mol. The van der Waals surface area contributed by atoms with Crippen molar-refractivity contribution in [1.29, 1.82) is 0 Å². The van der Waals surface area contributed by atoms with E-state index in [1.54, 1.807) is 0 Å². The SMILES string of the molecule is Clc1cc2oc3ccc4ccccc4c3c2cc1C1=N/C(c2cccc(-c3ccccc3)c2)=C\CC/C(c2cc3ccccc3c3ccccc23)=N\1. The molecule has 0 aliphatic carbocycles. The van der Waals surface area contributed by atoms with Crippen LogP contribution in [0.4, 0.5) is 0 Å². The van der Waals surface area contributed by atoms with Crippen molar-refractivity contribution in [1.82, 2.24) is 0 Å². The van der Waals surface area contributed by atoms with Crippen LogP contribution < -0.4 is 0 Å². The highest BCUT2D eigenvalue weighted by Gasteiger charge is 2.20. The third-order valence-electron chi connectivity index (χ3n) is 10.2. The van der Waals surface area contributed by atoms with Gasteiger partial charge in [0.2, 0.25) is 0 Å². The highest BCUT2D eigenvalue weighted by atomic mass is 35.5. The summed E-state index contributed by atoms with van der Waals surface area (Å²) in [4.78, 5) is 10.9. The van der Waals surface area contributed by atoms with Gasteiger partial charge in [-0.3, -0.25) is 0 Å². The molecular formula is C48H31ClN2O. The molecule has 10 rings (SSSR count). The van der Waals surface area contributed by atoms with Crippen molar-refractivity contribution >= 4 is 83.1 Å². The number of halogens is 1. The highest BCUT2D eigenvalue weighted by molar-refractivity contribution is 6.36. The fourth-order valence-corrected chi connectivity index (χ4v) is 7.97. The number of aliphatic imine (C=N–C) groups is 2. The Labute approximate surface area is 305 Å². The van der Waals surface area contributed by atoms with E-state index >= 15 is 0 Å². The van der Waals surface area contributed by atoms with Gasteiger partial charge in [0.25, 0.3) is 0 Å². The van der Waals surface area contributed by atoms with Crippen molar-refractivity contribution in [2.24, 2.45) is 9.98 Å². The summed E-state index contributed by atoms with van der Waals surface area (Å²) < 4.78 is 6.38. The summed E-state index contributed by atoms with van der Waals surface area (Å²) in [5.41, 5.74) is 8.63. The molecule has 0 bridgehead atoms. The first kappa shape index (κ1) is 30.5. The molecule has 0 saturated carbocycles. The molecule has 3 nitrogen and oxygen atoms in total. The zero-order chi connectivity index (χ0) is 34.6. The Morgan fingerprint density at radius 2 is 1.19 bits per heavy atom. The van der Waals surface area contributed by atoms with Crippen LogP contribution in [0.15, 0.2) is 178 Å². The van der Waals surface area contributed by atoms with E-state index in [9.17, 15) is 0 Å². The topological polar surface area (TPSA) is 37.9 Å². The normalized spacial score (nSPS) is 16.7. The molecule has 1 aromatic heterocycles. The van der Waals surface area contributed by atoms with Gasteiger partial charge < -0.3 is 4.42 Å². The highest BCUT2D eigenvalue weighted by Crippen LogP contribution is 2.39. The Balaban J connectivity index is 1.22. The molecular weight excluding hydrogens is 656 g/mol. The molecule has 0 N–H and O–H groups in total. The van der Waals surface area contributed by atoms with Crippen LogP contribution in [0.2, 0.25) is 5.02 Å². The second-order valence-electron chi connectivity index (χ2n) is 13.3. The molecule has 0 amide bonds. The van der Waals surface area contributed by atoms with Crippen molar-refractivity contribution in [3.8, 4) is 11.1 Å². The Bertz CT molecular complexity index is 2970. The van der Waals surface area contributed by atoms with Crippen molar-refractivity contribution in [2.75, 3.05) is 0 Å². The van der Waals surface area contributed by atoms with E-state index in [1.165, 1.54) is 21.5 Å². The molecule has 246 valence electrons. The van der Waals surface area contributed by atoms with Gasteiger partial charge in [-0.15, -0.1) is 0 Å². The Kier molecular flexibility index (Phi) is 7.33. The van der Waals surface area contributed by atoms with E-state index in [4.69, 9.17) is 26.0 Å². The summed E-state index contributed by atoms with van der Waals surface area (Å²) in [6, 6.07) is 55.1. The predicted octanol–water partition coefficient (Wildman–Crippen LogP) is 13.4. The number of hydrogen-bond donors (Lipinski definition) is 0. The summed E-state index contributed by atoms with van der Waals surface area (Å²) in [5.74, 6) is 0.574. The summed E-state index contributed by atoms with van der Waals surface area (Å²) in [6.07, 6.45) is 3.77. The zero-order valence-electron chi connectivity index (χ0n) is 28.2. The first-order chi connectivity index (χ1) is 25.7. The number of nitrogens with zero attached hydrogens (tertiary/aromatic N) is 2. The van der Waals surface area contributed by atoms with E-state index in [0.717, 1.165) is 84.8 Å². The van der Waals surface area contributed by atoms with Crippen LogP contribution in [0.1, 0.15) is 29.5 Å². The molecule has 0 radical (unpaired) electrons. The first-order valence-electron chi connectivity index (χ1n) is 17.6. The molecule has 8 aromatic carbocycles. The number of furan rings is 1. The first-order valence-corrected chi connectivity index (χ1v) is 18.0. The maximum absolute atomic E-state index is 7.21. The van der Waals surface area contributed by atoms with Crippen molar-refractivity contribution in [3.63, 3.8) is 0 Å². The molecule has 9 aromatic rings. The summed E-state index contributed by atoms with van der Waals surface area (Å²) in [5, 5.41) is 9.69. The summed E-state index contributed by atoms with van der Waals surface area (Å²) in [6.45, 7) is 0. The van der Waals surface area contributed by atoms with Crippen molar-refractivity contribution in [3.05, 3.63) is 186 Å². The minimum atomic E-state index is 0.541. The second-order valence-corrected chi connectivity index (χ2v) is 13.8. The third kappa shape index (κ3) is 5.21. The largest absolute Gasteiger partial charge is 0.456 e. The lowest BCUT2D eigenvalue weighted by atomic mass is 9.92. The van der Waals surface area contributed by atoms with E-state index < -0.39 is 0 Å². The van der Waals surface area contributed by atoms with Crippen LogP contribution in [0.25, 0.3) is 71.1 Å². The summed E-state index contributed by atoms with van der Waals surface area (Å²) in [7, 11) is 0. The molecule has 52 heavy (non-hydrogen) atoms. The molecule has 0 saturated heterocycles. The number of rotatable bonds is 4. The minimum absolute atomic E-state index is 0.541. The zero-order valence-corrected chi connectivity index (χ0v) is 28.9. The van der Waals surface area contributed by atoms with Gasteiger partial charge in [0.1, 0.15) is 11.2 Å². The third-order valence-corrected chi connectivity index (χ3v) is 10.5. The Hall–Kier alpha value is -6.29. The van der Waals surface area contributed by atoms with Gasteiger partial charge in [-0.2, -0.15) is 0 Å². The molecule has 1 aliphatic heterocycles. The Morgan fingerprint density at radius 3 is 2.06 bits per heavy atom. The lowest BCUT2D eigenvalue weighted by Crippen LogP contribution is -2.10. The van der Waals surface area contributed by atoms with Gasteiger partial charge in [0.15, 0.2) is 5.84 Å². The van der Waals surface area contributed by atoms with Crippen LogP contribution in [0.5, 0.6) is 0 Å². The average Bonchev–Trinajstić information content (AvgIpc) is 3.55. The van der Waals surface area contributed by atoms with Gasteiger partial charge in [-0.1, -0.05) is 145 Å². The summed E-state index contributed by atoms with van der Waals surface area (Å²) >= 11 is 7.21. The van der Waals surface area contributed by atoms with Crippen LogP contribution in [0.3, 0.4) is 0 Å². The van der Waals surface area contributed by atoms with E-state index in [2.05, 4.69) is 146 Å². The molecule has 0 unspecified atom stereocenters. The van der Waals surface area contributed by atoms with E-state index in [0.29, 0.717) is 10.9 Å². The fraction of sp³-hybridized carbons (Fsp3) is 0.0417. The van der Waals surface area contributed by atoms with Crippen molar-refractivity contribution < 1.29 is 4.42 Å². The Morgan fingerprint density at radius 1 is 0.481 bits per heavy atom. The molecule has 0 spiro atoms. The van der Waals surface area contributed by atoms with Crippen LogP contribution >= 0.6 is 11.6 Å². The number of benzene rings is 8. The van der Waals surface area contributed by atoms with Gasteiger partial charge in [0, 0.05) is 33.5 Å². The maximum Gasteiger partial charge on any atom is 0.161 e. The quantitative estimate of drug-likeness (QED) is 0.170. The number of hydrogen-bond acceptors (Lipinski definition) is 3. The molecule has 1 aliphatic rings. The minimum Gasteiger partial charge on any atom is -0.456 e. The van der Waals surface area contributed by atoms with E-state index in [-0.39, 0.29) is 0 Å². The molecule has 4 heteroatoms. The van der Waals surface area contributed by atoms with E-state index in [1.807, 2.05) is 18.2 Å². The fourth-order valence-electron chi connectivity index (χ4n) is 7.73. The molecule has 0 atom stereocenters. The smallest absolute Gasteiger partial charge is 0.161 e. The maximum atomic E-state index is 7.21. The predicted molar refractivity (Wildman–Crippen MR) is 220 cm³/mol. The van der Waals surface area contributed by atoms with Crippen LogP contribution in [-0.4, -0.2) is 11.5 Å². The van der Waals surface area contributed by atoms with Gasteiger partial charge >= 0.3 is 0 Å². The van der Waals surface area contributed by atoms with Gasteiger partial charge in [0.05, 0.1) is 16.4 Å². The lowest BCUT2D eigenvalue weighted by Gasteiger charge is -2.17. The standard InChI is InChI=1S/C48H31ClN2O/c49-42-29-46-41(47-36-19-7-4-14-31(36)24-25-45(47)52-46)28-40(42)48-50-43(34-17-10-16-32(26-34)30-12-2-1-3-13-30)22-11-23-44(51-48)39-27-33-15-5-6-18-35(33)37-20-8-9-21-38(37)39/h1-10,12-22,24-29H,11,23H2/b43-22-,50-48-,51-44+. The van der Waals surface area contributed by atoms with Gasteiger partial charge in [-0.05, 0) is 80.6 Å². The van der Waals surface area contributed by atoms with Crippen LogP contribution in [-0.2, 0) is 0 Å². The number of amidine groups is 1. The molecule has 2 heterocycles. The number of allylic oxidation sites excluding steroid dienone is 1.